The smallest absolute Gasteiger partial charge is 0.238 e. The molecule has 1 aromatic carbocycles. The summed E-state index contributed by atoms with van der Waals surface area (Å²) in [5, 5.41) is 2.59. The van der Waals surface area contributed by atoms with Gasteiger partial charge in [-0.25, -0.2) is 8.78 Å². The average molecular weight is 297 g/mol. The summed E-state index contributed by atoms with van der Waals surface area (Å²) in [5.74, 6) is -1.69. The number of anilines is 1. The number of hydrogen-bond donors (Lipinski definition) is 2. The van der Waals surface area contributed by atoms with Crippen LogP contribution in [0.3, 0.4) is 0 Å². The van der Waals surface area contributed by atoms with Crippen molar-refractivity contribution in [2.75, 3.05) is 25.0 Å². The van der Waals surface area contributed by atoms with Crippen LogP contribution in [0, 0.1) is 17.6 Å². The zero-order valence-corrected chi connectivity index (χ0v) is 12.1. The molecule has 1 aliphatic heterocycles. The van der Waals surface area contributed by atoms with Crippen molar-refractivity contribution in [3.05, 3.63) is 29.8 Å². The van der Waals surface area contributed by atoms with E-state index < -0.39 is 11.6 Å². The van der Waals surface area contributed by atoms with E-state index in [9.17, 15) is 13.6 Å². The summed E-state index contributed by atoms with van der Waals surface area (Å²) in [5.41, 5.74) is 6.04. The number of carbonyl (C=O) groups excluding carboxylic acids is 1. The number of amides is 1. The third-order valence-corrected chi connectivity index (χ3v) is 4.02. The number of piperidine rings is 1. The molecule has 1 saturated heterocycles. The number of benzene rings is 1. The molecule has 6 heteroatoms. The summed E-state index contributed by atoms with van der Waals surface area (Å²) in [4.78, 5) is 14.1. The highest BCUT2D eigenvalue weighted by molar-refractivity contribution is 5.92. The number of rotatable bonds is 4. The highest BCUT2D eigenvalue weighted by atomic mass is 19.2. The van der Waals surface area contributed by atoms with Gasteiger partial charge in [-0.1, -0.05) is 6.92 Å². The molecule has 2 atom stereocenters. The Bertz CT molecular complexity index is 510. The Balaban J connectivity index is 1.95. The molecule has 1 aromatic rings. The second-order valence-electron chi connectivity index (χ2n) is 5.57. The molecule has 2 rings (SSSR count). The number of nitrogens with one attached hydrogen (secondary N) is 1. The molecular weight excluding hydrogens is 276 g/mol. The standard InChI is InChI=1S/C15H21F2N3O/c1-10-3-2-6-20(14(10)8-18)9-15(21)19-11-4-5-12(16)13(17)7-11/h4-5,7,10,14H,2-3,6,8-9,18H2,1H3,(H,19,21). The summed E-state index contributed by atoms with van der Waals surface area (Å²) in [6, 6.07) is 3.51. The zero-order chi connectivity index (χ0) is 15.4. The van der Waals surface area contributed by atoms with Gasteiger partial charge in [0.2, 0.25) is 5.91 Å². The molecule has 116 valence electrons. The molecule has 21 heavy (non-hydrogen) atoms. The zero-order valence-electron chi connectivity index (χ0n) is 12.1. The monoisotopic (exact) mass is 297 g/mol. The second kappa shape index (κ2) is 6.95. The Labute approximate surface area is 123 Å². The van der Waals surface area contributed by atoms with E-state index in [1.54, 1.807) is 0 Å². The summed E-state index contributed by atoms with van der Waals surface area (Å²) in [7, 11) is 0. The first-order chi connectivity index (χ1) is 10.0. The highest BCUT2D eigenvalue weighted by Gasteiger charge is 2.28. The van der Waals surface area contributed by atoms with Gasteiger partial charge >= 0.3 is 0 Å². The summed E-state index contributed by atoms with van der Waals surface area (Å²) >= 11 is 0. The molecule has 4 nitrogen and oxygen atoms in total. The number of nitrogens with zero attached hydrogens (tertiary/aromatic N) is 1. The van der Waals surface area contributed by atoms with E-state index in [0.29, 0.717) is 12.5 Å². The number of likely N-dealkylation sites (tertiary alicyclic amines) is 1. The van der Waals surface area contributed by atoms with Gasteiger partial charge in [0.15, 0.2) is 11.6 Å². The van der Waals surface area contributed by atoms with Crippen molar-refractivity contribution in [1.82, 2.24) is 4.90 Å². The molecular formula is C15H21F2N3O. The topological polar surface area (TPSA) is 58.4 Å². The van der Waals surface area contributed by atoms with Crippen LogP contribution in [0.1, 0.15) is 19.8 Å². The third kappa shape index (κ3) is 3.98. The van der Waals surface area contributed by atoms with E-state index in [4.69, 9.17) is 5.73 Å². The first-order valence-corrected chi connectivity index (χ1v) is 7.20. The maximum atomic E-state index is 13.1. The fraction of sp³-hybridized carbons (Fsp3) is 0.533. The minimum atomic E-state index is -0.973. The average Bonchev–Trinajstić information content (AvgIpc) is 2.43. The van der Waals surface area contributed by atoms with Crippen molar-refractivity contribution >= 4 is 11.6 Å². The fourth-order valence-electron chi connectivity index (χ4n) is 2.87. The molecule has 1 aliphatic rings. The predicted octanol–water partition coefficient (Wildman–Crippen LogP) is 1.96. The van der Waals surface area contributed by atoms with Crippen LogP contribution in [-0.2, 0) is 4.79 Å². The Morgan fingerprint density at radius 3 is 2.86 bits per heavy atom. The number of hydrogen-bond acceptors (Lipinski definition) is 3. The maximum Gasteiger partial charge on any atom is 0.238 e. The highest BCUT2D eigenvalue weighted by Crippen LogP contribution is 2.22. The molecule has 2 unspecified atom stereocenters. The van der Waals surface area contributed by atoms with Crippen LogP contribution in [0.2, 0.25) is 0 Å². The van der Waals surface area contributed by atoms with E-state index in [-0.39, 0.29) is 24.2 Å². The van der Waals surface area contributed by atoms with Gasteiger partial charge in [0.1, 0.15) is 0 Å². The Morgan fingerprint density at radius 2 is 2.19 bits per heavy atom. The van der Waals surface area contributed by atoms with Crippen LogP contribution in [0.5, 0.6) is 0 Å². The first-order valence-electron chi connectivity index (χ1n) is 7.20. The van der Waals surface area contributed by atoms with Gasteiger partial charge in [-0.15, -0.1) is 0 Å². The second-order valence-corrected chi connectivity index (χ2v) is 5.57. The molecule has 1 amide bonds. The van der Waals surface area contributed by atoms with Gasteiger partial charge in [0.25, 0.3) is 0 Å². The van der Waals surface area contributed by atoms with Gasteiger partial charge in [0, 0.05) is 24.3 Å². The van der Waals surface area contributed by atoms with E-state index >= 15 is 0 Å². The van der Waals surface area contributed by atoms with Crippen LogP contribution in [-0.4, -0.2) is 36.5 Å². The third-order valence-electron chi connectivity index (χ3n) is 4.02. The molecule has 1 fully saturated rings. The number of carbonyl (C=O) groups is 1. The van der Waals surface area contributed by atoms with E-state index in [1.165, 1.54) is 6.07 Å². The largest absolute Gasteiger partial charge is 0.329 e. The SMILES string of the molecule is CC1CCCN(CC(=O)Nc2ccc(F)c(F)c2)C1CN. The van der Waals surface area contributed by atoms with Crippen molar-refractivity contribution in [3.8, 4) is 0 Å². The van der Waals surface area contributed by atoms with Gasteiger partial charge < -0.3 is 11.1 Å². The van der Waals surface area contributed by atoms with Gasteiger partial charge in [-0.2, -0.15) is 0 Å². The molecule has 0 radical (unpaired) electrons. The lowest BCUT2D eigenvalue weighted by Crippen LogP contribution is -2.51. The van der Waals surface area contributed by atoms with Crippen LogP contribution in [0.15, 0.2) is 18.2 Å². The van der Waals surface area contributed by atoms with Crippen LogP contribution in [0.4, 0.5) is 14.5 Å². The molecule has 1 heterocycles. The molecule has 3 N–H and O–H groups in total. The Hall–Kier alpha value is -1.53. The molecule has 0 spiro atoms. The maximum absolute atomic E-state index is 13.1. The first kappa shape index (κ1) is 15.9. The minimum Gasteiger partial charge on any atom is -0.329 e. The Morgan fingerprint density at radius 1 is 1.43 bits per heavy atom. The molecule has 0 aromatic heterocycles. The molecule has 0 saturated carbocycles. The van der Waals surface area contributed by atoms with E-state index in [0.717, 1.165) is 31.5 Å². The van der Waals surface area contributed by atoms with Crippen LogP contribution in [0.25, 0.3) is 0 Å². The normalized spacial score (nSPS) is 23.0. The van der Waals surface area contributed by atoms with Crippen molar-refractivity contribution in [2.45, 2.75) is 25.8 Å². The van der Waals surface area contributed by atoms with Gasteiger partial charge in [-0.05, 0) is 37.4 Å². The van der Waals surface area contributed by atoms with Gasteiger partial charge in [0.05, 0.1) is 6.54 Å². The fourth-order valence-corrected chi connectivity index (χ4v) is 2.87. The molecule has 0 aliphatic carbocycles. The van der Waals surface area contributed by atoms with E-state index in [2.05, 4.69) is 17.1 Å². The van der Waals surface area contributed by atoms with Crippen molar-refractivity contribution in [1.29, 1.82) is 0 Å². The van der Waals surface area contributed by atoms with Crippen molar-refractivity contribution < 1.29 is 13.6 Å². The van der Waals surface area contributed by atoms with Crippen molar-refractivity contribution in [3.63, 3.8) is 0 Å². The number of halogens is 2. The van der Waals surface area contributed by atoms with E-state index in [1.807, 2.05) is 0 Å². The van der Waals surface area contributed by atoms with Crippen molar-refractivity contribution in [2.24, 2.45) is 11.7 Å². The summed E-state index contributed by atoms with van der Waals surface area (Å²) < 4.78 is 25.9. The minimum absolute atomic E-state index is 0.189. The summed E-state index contributed by atoms with van der Waals surface area (Å²) in [6.07, 6.45) is 2.15. The quantitative estimate of drug-likeness (QED) is 0.893. The number of nitrogens with two attached hydrogens (primary N) is 1. The lowest BCUT2D eigenvalue weighted by molar-refractivity contribution is -0.118. The molecule has 0 bridgehead atoms. The Kier molecular flexibility index (Phi) is 5.25. The van der Waals surface area contributed by atoms with Gasteiger partial charge in [-0.3, -0.25) is 9.69 Å². The summed E-state index contributed by atoms with van der Waals surface area (Å²) in [6.45, 7) is 3.69. The van der Waals surface area contributed by atoms with Crippen LogP contribution < -0.4 is 11.1 Å². The van der Waals surface area contributed by atoms with Crippen LogP contribution >= 0.6 is 0 Å². The lowest BCUT2D eigenvalue weighted by atomic mass is 9.91. The predicted molar refractivity (Wildman–Crippen MR) is 77.8 cm³/mol. The lowest BCUT2D eigenvalue weighted by Gasteiger charge is -2.38.